The summed E-state index contributed by atoms with van der Waals surface area (Å²) in [7, 11) is 1.89. The fraction of sp³-hybridized carbons (Fsp3) is 0.533. The van der Waals surface area contributed by atoms with Crippen molar-refractivity contribution in [2.75, 3.05) is 7.05 Å². The molecule has 98 valence electrons. The quantitative estimate of drug-likeness (QED) is 0.888. The van der Waals surface area contributed by atoms with Crippen LogP contribution in [0.15, 0.2) is 18.2 Å². The van der Waals surface area contributed by atoms with Crippen LogP contribution in [0.3, 0.4) is 0 Å². The van der Waals surface area contributed by atoms with Crippen LogP contribution in [0, 0.1) is 5.92 Å². The number of rotatable bonds is 3. The van der Waals surface area contributed by atoms with Crippen LogP contribution in [0.5, 0.6) is 0 Å². The Morgan fingerprint density at radius 2 is 1.89 bits per heavy atom. The third-order valence-electron chi connectivity index (χ3n) is 3.98. The van der Waals surface area contributed by atoms with E-state index in [-0.39, 0.29) is 11.9 Å². The number of nitrogens with one attached hydrogen (secondary N) is 1. The van der Waals surface area contributed by atoms with Gasteiger partial charge in [0.2, 0.25) is 0 Å². The average molecular weight is 246 g/mol. The number of benzene rings is 1. The predicted molar refractivity (Wildman–Crippen MR) is 73.4 cm³/mol. The van der Waals surface area contributed by atoms with E-state index in [9.17, 15) is 4.79 Å². The summed E-state index contributed by atoms with van der Waals surface area (Å²) in [5.74, 6) is 0.584. The topological polar surface area (TPSA) is 32.3 Å². The molecule has 0 aromatic heterocycles. The molecule has 0 fully saturated rings. The maximum atomic E-state index is 12.4. The molecule has 1 heterocycles. The summed E-state index contributed by atoms with van der Waals surface area (Å²) in [5.41, 5.74) is 3.37. The zero-order valence-corrected chi connectivity index (χ0v) is 11.7. The minimum absolute atomic E-state index is 0.117. The second-order valence-electron chi connectivity index (χ2n) is 5.49. The Kier molecular flexibility index (Phi) is 3.71. The van der Waals surface area contributed by atoms with Gasteiger partial charge >= 0.3 is 0 Å². The van der Waals surface area contributed by atoms with Crippen molar-refractivity contribution in [3.05, 3.63) is 34.9 Å². The SMILES string of the molecule is CC(C)C(C)N(C)C(=O)c1ccc2c(c1)CNC2. The minimum Gasteiger partial charge on any atom is -0.339 e. The summed E-state index contributed by atoms with van der Waals surface area (Å²) in [5, 5.41) is 3.30. The molecule has 1 aliphatic heterocycles. The summed E-state index contributed by atoms with van der Waals surface area (Å²) < 4.78 is 0. The fourth-order valence-corrected chi connectivity index (χ4v) is 2.26. The maximum Gasteiger partial charge on any atom is 0.253 e. The van der Waals surface area contributed by atoms with Gasteiger partial charge in [-0.1, -0.05) is 19.9 Å². The molecule has 2 rings (SSSR count). The van der Waals surface area contributed by atoms with Crippen molar-refractivity contribution < 1.29 is 4.79 Å². The van der Waals surface area contributed by atoms with Crippen molar-refractivity contribution in [1.82, 2.24) is 10.2 Å². The Hall–Kier alpha value is -1.35. The third-order valence-corrected chi connectivity index (χ3v) is 3.98. The number of hydrogen-bond acceptors (Lipinski definition) is 2. The number of hydrogen-bond donors (Lipinski definition) is 1. The maximum absolute atomic E-state index is 12.4. The molecular formula is C15H22N2O. The Labute approximate surface area is 109 Å². The summed E-state index contributed by atoms with van der Waals surface area (Å²) in [4.78, 5) is 14.2. The number of amides is 1. The van der Waals surface area contributed by atoms with Gasteiger partial charge in [-0.3, -0.25) is 4.79 Å². The Bertz CT molecular complexity index is 454. The highest BCUT2D eigenvalue weighted by atomic mass is 16.2. The van der Waals surface area contributed by atoms with Gasteiger partial charge < -0.3 is 10.2 Å². The van der Waals surface area contributed by atoms with Gasteiger partial charge in [0.15, 0.2) is 0 Å². The van der Waals surface area contributed by atoms with Gasteiger partial charge in [-0.25, -0.2) is 0 Å². The summed E-state index contributed by atoms with van der Waals surface area (Å²) in [6, 6.07) is 6.29. The first kappa shape index (κ1) is 13.1. The van der Waals surface area contributed by atoms with E-state index in [1.165, 1.54) is 11.1 Å². The predicted octanol–water partition coefficient (Wildman–Crippen LogP) is 2.41. The van der Waals surface area contributed by atoms with Crippen LogP contribution in [-0.2, 0) is 13.1 Å². The van der Waals surface area contributed by atoms with Gasteiger partial charge in [-0.2, -0.15) is 0 Å². The van der Waals surface area contributed by atoms with Gasteiger partial charge in [-0.05, 0) is 36.1 Å². The Morgan fingerprint density at radius 3 is 2.56 bits per heavy atom. The highest BCUT2D eigenvalue weighted by molar-refractivity contribution is 5.94. The first-order valence-electron chi connectivity index (χ1n) is 6.60. The highest BCUT2D eigenvalue weighted by Gasteiger charge is 2.21. The monoisotopic (exact) mass is 246 g/mol. The third kappa shape index (κ3) is 2.41. The standard InChI is InChI=1S/C15H22N2O/c1-10(2)11(3)17(4)15(18)12-5-6-13-8-16-9-14(13)7-12/h5-7,10-11,16H,8-9H2,1-4H3. The smallest absolute Gasteiger partial charge is 0.253 e. The van der Waals surface area contributed by atoms with Crippen LogP contribution in [0.2, 0.25) is 0 Å². The van der Waals surface area contributed by atoms with Gasteiger partial charge in [0.1, 0.15) is 0 Å². The van der Waals surface area contributed by atoms with E-state index in [1.807, 2.05) is 24.1 Å². The van der Waals surface area contributed by atoms with Crippen LogP contribution in [0.4, 0.5) is 0 Å². The van der Waals surface area contributed by atoms with Crippen LogP contribution in [-0.4, -0.2) is 23.9 Å². The Balaban J connectivity index is 2.19. The summed E-state index contributed by atoms with van der Waals surface area (Å²) >= 11 is 0. The van der Waals surface area contributed by atoms with Crippen molar-refractivity contribution in [3.8, 4) is 0 Å². The van der Waals surface area contributed by atoms with Crippen molar-refractivity contribution >= 4 is 5.91 Å². The normalized spacial score (nSPS) is 15.6. The minimum atomic E-state index is 0.117. The lowest BCUT2D eigenvalue weighted by molar-refractivity contribution is 0.0707. The lowest BCUT2D eigenvalue weighted by atomic mass is 10.0. The van der Waals surface area contributed by atoms with Crippen LogP contribution >= 0.6 is 0 Å². The van der Waals surface area contributed by atoms with Crippen molar-refractivity contribution in [2.24, 2.45) is 5.92 Å². The van der Waals surface area contributed by atoms with E-state index < -0.39 is 0 Å². The molecule has 0 bridgehead atoms. The van der Waals surface area contributed by atoms with Crippen molar-refractivity contribution in [2.45, 2.75) is 39.9 Å². The molecule has 0 aliphatic carbocycles. The van der Waals surface area contributed by atoms with E-state index in [0.29, 0.717) is 5.92 Å². The molecule has 0 saturated heterocycles. The number of carbonyl (C=O) groups excluding carboxylic acids is 1. The largest absolute Gasteiger partial charge is 0.339 e. The molecule has 1 aliphatic rings. The molecule has 1 aromatic rings. The van der Waals surface area contributed by atoms with E-state index >= 15 is 0 Å². The van der Waals surface area contributed by atoms with Gasteiger partial charge in [0.25, 0.3) is 5.91 Å². The Morgan fingerprint density at radius 1 is 1.22 bits per heavy atom. The number of fused-ring (bicyclic) bond motifs is 1. The van der Waals surface area contributed by atoms with Gasteiger partial charge in [0.05, 0.1) is 0 Å². The molecule has 3 nitrogen and oxygen atoms in total. The molecule has 1 atom stereocenters. The lowest BCUT2D eigenvalue weighted by Gasteiger charge is -2.28. The average Bonchev–Trinajstić information content (AvgIpc) is 2.82. The number of nitrogens with zero attached hydrogens (tertiary/aromatic N) is 1. The van der Waals surface area contributed by atoms with Gasteiger partial charge in [0, 0.05) is 31.7 Å². The van der Waals surface area contributed by atoms with E-state index in [2.05, 4.69) is 32.2 Å². The highest BCUT2D eigenvalue weighted by Crippen LogP contribution is 2.19. The molecule has 1 N–H and O–H groups in total. The molecule has 0 spiro atoms. The van der Waals surface area contributed by atoms with E-state index in [4.69, 9.17) is 0 Å². The van der Waals surface area contributed by atoms with Crippen LogP contribution in [0.25, 0.3) is 0 Å². The molecule has 1 aromatic carbocycles. The molecule has 0 radical (unpaired) electrons. The number of carbonyl (C=O) groups is 1. The van der Waals surface area contributed by atoms with E-state index in [0.717, 1.165) is 18.7 Å². The second kappa shape index (κ2) is 5.11. The second-order valence-corrected chi connectivity index (χ2v) is 5.49. The summed E-state index contributed by atoms with van der Waals surface area (Å²) in [6.07, 6.45) is 0. The zero-order chi connectivity index (χ0) is 13.3. The van der Waals surface area contributed by atoms with Gasteiger partial charge in [-0.15, -0.1) is 0 Å². The molecule has 18 heavy (non-hydrogen) atoms. The first-order valence-corrected chi connectivity index (χ1v) is 6.60. The summed E-state index contributed by atoms with van der Waals surface area (Å²) in [6.45, 7) is 8.17. The van der Waals surface area contributed by atoms with Crippen molar-refractivity contribution in [3.63, 3.8) is 0 Å². The van der Waals surface area contributed by atoms with E-state index in [1.54, 1.807) is 0 Å². The zero-order valence-electron chi connectivity index (χ0n) is 11.7. The molecule has 0 saturated carbocycles. The molecule has 1 unspecified atom stereocenters. The fourth-order valence-electron chi connectivity index (χ4n) is 2.26. The van der Waals surface area contributed by atoms with Crippen LogP contribution in [0.1, 0.15) is 42.3 Å². The van der Waals surface area contributed by atoms with Crippen molar-refractivity contribution in [1.29, 1.82) is 0 Å². The molecular weight excluding hydrogens is 224 g/mol. The molecule has 3 heteroatoms. The van der Waals surface area contributed by atoms with Crippen LogP contribution < -0.4 is 5.32 Å². The first-order chi connectivity index (χ1) is 8.50. The lowest BCUT2D eigenvalue weighted by Crippen LogP contribution is -2.38. The molecule has 1 amide bonds.